The van der Waals surface area contributed by atoms with Crippen molar-refractivity contribution in [2.45, 2.75) is 45.3 Å². The summed E-state index contributed by atoms with van der Waals surface area (Å²) >= 11 is 0. The fraction of sp³-hybridized carbons (Fsp3) is 0.308. The van der Waals surface area contributed by atoms with Crippen molar-refractivity contribution in [3.63, 3.8) is 0 Å². The molecule has 1 aliphatic rings. The molecule has 9 nitrogen and oxygen atoms in total. The lowest BCUT2D eigenvalue weighted by atomic mass is 10.0. The van der Waals surface area contributed by atoms with E-state index in [-0.39, 0.29) is 19.0 Å². The van der Waals surface area contributed by atoms with Gasteiger partial charge in [0.1, 0.15) is 6.17 Å². The summed E-state index contributed by atoms with van der Waals surface area (Å²) in [5, 5.41) is 28.4. The van der Waals surface area contributed by atoms with Gasteiger partial charge in [-0.1, -0.05) is 6.07 Å². The number of aryl methyl sites for hydroxylation is 1. The first-order chi connectivity index (χ1) is 17.1. The highest BCUT2D eigenvalue weighted by Gasteiger charge is 2.35. The maximum atomic E-state index is 14.6. The molecule has 1 unspecified atom stereocenters. The highest BCUT2D eigenvalue weighted by molar-refractivity contribution is 6.01. The van der Waals surface area contributed by atoms with Gasteiger partial charge in [-0.05, 0) is 56.2 Å². The molecule has 4 heterocycles. The van der Waals surface area contributed by atoms with Crippen LogP contribution < -0.4 is 5.32 Å². The minimum Gasteiger partial charge on any atom is -0.387 e. The smallest absolute Gasteiger partial charge is 0.254 e. The van der Waals surface area contributed by atoms with E-state index in [0.717, 1.165) is 5.56 Å². The molecule has 186 valence electrons. The number of hydrogen-bond acceptors (Lipinski definition) is 7. The second kappa shape index (κ2) is 8.96. The summed E-state index contributed by atoms with van der Waals surface area (Å²) in [7, 11) is 0. The molecule has 10 heteroatoms. The molecule has 0 aliphatic carbocycles. The number of aliphatic hydroxyl groups excluding tert-OH is 1. The van der Waals surface area contributed by atoms with E-state index in [1.807, 2.05) is 19.1 Å². The Kier molecular flexibility index (Phi) is 5.93. The summed E-state index contributed by atoms with van der Waals surface area (Å²) in [5.41, 5.74) is 3.33. The number of amides is 1. The Bertz CT molecular complexity index is 1430. The Morgan fingerprint density at radius 3 is 2.72 bits per heavy atom. The lowest BCUT2D eigenvalue weighted by molar-refractivity contribution is -0.0159. The molecule has 0 saturated heterocycles. The number of halogens is 1. The molecule has 1 amide bonds. The molecular formula is C26H27FN6O3. The number of fused-ring (bicyclic) bond motifs is 2. The van der Waals surface area contributed by atoms with Crippen LogP contribution in [0.25, 0.3) is 16.9 Å². The van der Waals surface area contributed by atoms with Crippen LogP contribution in [-0.2, 0) is 6.54 Å². The van der Waals surface area contributed by atoms with Crippen LogP contribution in [0.5, 0.6) is 0 Å². The first-order valence-corrected chi connectivity index (χ1v) is 11.6. The van der Waals surface area contributed by atoms with E-state index in [1.54, 1.807) is 47.5 Å². The third-order valence-electron chi connectivity index (χ3n) is 6.35. The van der Waals surface area contributed by atoms with Crippen molar-refractivity contribution in [3.05, 3.63) is 77.4 Å². The number of benzene rings is 1. The lowest BCUT2D eigenvalue weighted by Gasteiger charge is -2.26. The van der Waals surface area contributed by atoms with E-state index in [1.165, 1.54) is 18.7 Å². The number of rotatable bonds is 7. The van der Waals surface area contributed by atoms with Gasteiger partial charge >= 0.3 is 0 Å². The van der Waals surface area contributed by atoms with E-state index < -0.39 is 18.0 Å². The number of anilines is 1. The van der Waals surface area contributed by atoms with Crippen molar-refractivity contribution >= 4 is 17.2 Å². The van der Waals surface area contributed by atoms with Crippen LogP contribution in [0.1, 0.15) is 47.1 Å². The van der Waals surface area contributed by atoms with Crippen LogP contribution in [0.4, 0.5) is 10.1 Å². The van der Waals surface area contributed by atoms with Gasteiger partial charge in [-0.3, -0.25) is 9.78 Å². The Labute approximate surface area is 207 Å². The average Bonchev–Trinajstić information content (AvgIpc) is 3.40. The lowest BCUT2D eigenvalue weighted by Crippen LogP contribution is -2.42. The fourth-order valence-electron chi connectivity index (χ4n) is 4.21. The Morgan fingerprint density at radius 1 is 1.19 bits per heavy atom. The summed E-state index contributed by atoms with van der Waals surface area (Å²) in [6.45, 7) is 4.65. The topological polar surface area (TPSA) is 116 Å². The molecule has 5 rings (SSSR count). The summed E-state index contributed by atoms with van der Waals surface area (Å²) < 4.78 is 16.1. The third-order valence-corrected chi connectivity index (χ3v) is 6.35. The molecule has 1 aliphatic heterocycles. The maximum absolute atomic E-state index is 14.6. The SMILES string of the molecule is Cc1ccc(-c2cc3c(cc2NC(O)c2cnn4cccnc24)CN(C[C@@H](F)C(C)(C)O)C3=O)nc1. The number of pyridine rings is 1. The van der Waals surface area contributed by atoms with Crippen molar-refractivity contribution in [2.24, 2.45) is 0 Å². The van der Waals surface area contributed by atoms with Crippen LogP contribution in [-0.4, -0.2) is 58.9 Å². The number of nitrogens with zero attached hydrogens (tertiary/aromatic N) is 5. The predicted molar refractivity (Wildman–Crippen MR) is 132 cm³/mol. The predicted octanol–water partition coefficient (Wildman–Crippen LogP) is 3.27. The van der Waals surface area contributed by atoms with Gasteiger partial charge in [0.25, 0.3) is 5.91 Å². The molecule has 1 aromatic carbocycles. The van der Waals surface area contributed by atoms with E-state index in [4.69, 9.17) is 0 Å². The molecule has 0 spiro atoms. The summed E-state index contributed by atoms with van der Waals surface area (Å²) in [5.74, 6) is -0.316. The van der Waals surface area contributed by atoms with Crippen molar-refractivity contribution < 1.29 is 19.4 Å². The van der Waals surface area contributed by atoms with Crippen LogP contribution in [0.2, 0.25) is 0 Å². The summed E-state index contributed by atoms with van der Waals surface area (Å²) in [6, 6.07) is 9.00. The van der Waals surface area contributed by atoms with Crippen molar-refractivity contribution in [2.75, 3.05) is 11.9 Å². The van der Waals surface area contributed by atoms with Gasteiger partial charge in [0.15, 0.2) is 11.9 Å². The normalized spacial score (nSPS) is 15.3. The molecule has 0 radical (unpaired) electrons. The quantitative estimate of drug-likeness (QED) is 0.341. The number of carbonyl (C=O) groups excluding carboxylic acids is 1. The Hall–Kier alpha value is -3.89. The van der Waals surface area contributed by atoms with Gasteiger partial charge < -0.3 is 20.4 Å². The van der Waals surface area contributed by atoms with Gasteiger partial charge in [0.2, 0.25) is 0 Å². The monoisotopic (exact) mass is 490 g/mol. The van der Waals surface area contributed by atoms with E-state index in [2.05, 4.69) is 20.4 Å². The van der Waals surface area contributed by atoms with Crippen LogP contribution in [0.3, 0.4) is 0 Å². The number of aliphatic hydroxyl groups is 2. The molecule has 36 heavy (non-hydrogen) atoms. The Balaban J connectivity index is 1.52. The molecule has 2 atom stereocenters. The standard InChI is InChI=1S/C26H27FN6O3/c1-15-5-6-20(29-11-15)18-10-17-16(13-32(25(17)35)14-22(27)26(2,3)36)9-21(18)31-24(34)19-12-30-33-8-4-7-28-23(19)33/h4-12,22,24,31,34,36H,13-14H2,1-3H3/t22-,24?/m1/s1. The fourth-order valence-corrected chi connectivity index (χ4v) is 4.21. The highest BCUT2D eigenvalue weighted by Crippen LogP contribution is 2.36. The molecular weight excluding hydrogens is 463 g/mol. The second-order valence-corrected chi connectivity index (χ2v) is 9.62. The molecule has 0 saturated carbocycles. The van der Waals surface area contributed by atoms with Gasteiger partial charge in [-0.2, -0.15) is 5.10 Å². The van der Waals surface area contributed by atoms with Gasteiger partial charge in [0.05, 0.1) is 29.6 Å². The zero-order valence-electron chi connectivity index (χ0n) is 20.2. The van der Waals surface area contributed by atoms with E-state index in [0.29, 0.717) is 39.3 Å². The zero-order chi connectivity index (χ0) is 25.6. The number of hydrogen-bond donors (Lipinski definition) is 3. The second-order valence-electron chi connectivity index (χ2n) is 9.62. The van der Waals surface area contributed by atoms with E-state index in [9.17, 15) is 19.4 Å². The van der Waals surface area contributed by atoms with Crippen molar-refractivity contribution in [3.8, 4) is 11.3 Å². The van der Waals surface area contributed by atoms with Gasteiger partial charge in [0, 0.05) is 41.9 Å². The minimum absolute atomic E-state index is 0.190. The van der Waals surface area contributed by atoms with Crippen LogP contribution in [0.15, 0.2) is 55.1 Å². The highest BCUT2D eigenvalue weighted by atomic mass is 19.1. The first kappa shape index (κ1) is 23.8. The van der Waals surface area contributed by atoms with E-state index >= 15 is 0 Å². The third kappa shape index (κ3) is 4.40. The largest absolute Gasteiger partial charge is 0.387 e. The van der Waals surface area contributed by atoms with Crippen LogP contribution in [0, 0.1) is 6.92 Å². The first-order valence-electron chi connectivity index (χ1n) is 11.6. The molecule has 3 N–H and O–H groups in total. The number of aromatic nitrogens is 4. The maximum Gasteiger partial charge on any atom is 0.254 e. The van der Waals surface area contributed by atoms with Gasteiger partial charge in [-0.25, -0.2) is 13.9 Å². The molecule has 3 aromatic heterocycles. The van der Waals surface area contributed by atoms with Crippen molar-refractivity contribution in [1.29, 1.82) is 0 Å². The zero-order valence-corrected chi connectivity index (χ0v) is 20.2. The minimum atomic E-state index is -1.60. The molecule has 0 bridgehead atoms. The number of carbonyl (C=O) groups is 1. The Morgan fingerprint density at radius 2 is 2.00 bits per heavy atom. The summed E-state index contributed by atoms with van der Waals surface area (Å²) in [4.78, 5) is 23.3. The van der Waals surface area contributed by atoms with Crippen molar-refractivity contribution in [1.82, 2.24) is 24.5 Å². The molecule has 4 aromatic rings. The number of nitrogens with one attached hydrogen (secondary N) is 1. The number of alkyl halides is 1. The summed E-state index contributed by atoms with van der Waals surface area (Å²) in [6.07, 6.45) is 3.89. The van der Waals surface area contributed by atoms with Gasteiger partial charge in [-0.15, -0.1) is 0 Å². The van der Waals surface area contributed by atoms with Crippen LogP contribution >= 0.6 is 0 Å². The molecule has 0 fully saturated rings. The average molecular weight is 491 g/mol.